The molecule has 0 aromatic carbocycles. The molecule has 0 spiro atoms. The smallest absolute Gasteiger partial charge is 0.410 e. The minimum absolute atomic E-state index is 0.242. The van der Waals surface area contributed by atoms with E-state index in [0.29, 0.717) is 13.1 Å². The topological polar surface area (TPSA) is 72.3 Å². The molecule has 1 N–H and O–H groups in total. The van der Waals surface area contributed by atoms with Gasteiger partial charge in [-0.1, -0.05) is 0 Å². The molecule has 0 aliphatic carbocycles. The zero-order valence-electron chi connectivity index (χ0n) is 12.2. The molecule has 7 nitrogen and oxygen atoms in total. The van der Waals surface area contributed by atoms with Crippen molar-refractivity contribution in [3.05, 3.63) is 11.6 Å². The Balaban J connectivity index is 1.61. The van der Waals surface area contributed by atoms with Crippen molar-refractivity contribution >= 4 is 6.09 Å². The average Bonchev–Trinajstić information content (AvgIpc) is 2.69. The average molecular weight is 279 g/mol. The first-order valence-electron chi connectivity index (χ1n) is 7.04. The Bertz CT molecular complexity index is 513. The van der Waals surface area contributed by atoms with E-state index in [9.17, 15) is 4.79 Å². The highest BCUT2D eigenvalue weighted by Crippen LogP contribution is 2.28. The quantitative estimate of drug-likeness (QED) is 0.820. The normalized spacial score (nSPS) is 19.4. The first kappa shape index (κ1) is 13.4. The molecule has 2 aliphatic rings. The number of hydrogen-bond donors (Lipinski definition) is 1. The largest absolute Gasteiger partial charge is 0.444 e. The third-order valence-corrected chi connectivity index (χ3v) is 3.55. The molecule has 1 saturated heterocycles. The van der Waals surface area contributed by atoms with Gasteiger partial charge in [0.25, 0.3) is 0 Å². The summed E-state index contributed by atoms with van der Waals surface area (Å²) in [6.07, 6.45) is -0.242. The number of likely N-dealkylation sites (tertiary alicyclic amines) is 1. The molecule has 0 saturated carbocycles. The van der Waals surface area contributed by atoms with Gasteiger partial charge in [-0.05, 0) is 20.8 Å². The minimum atomic E-state index is -0.443. The van der Waals surface area contributed by atoms with Crippen LogP contribution in [-0.2, 0) is 17.8 Å². The van der Waals surface area contributed by atoms with E-state index in [2.05, 4.69) is 20.1 Å². The summed E-state index contributed by atoms with van der Waals surface area (Å²) in [7, 11) is 0. The standard InChI is InChI=1S/C13H21N5O2/c1-13(2,3)20-12(19)17-7-9(8-17)11-16-15-10-6-14-4-5-18(10)11/h9,14H,4-8H2,1-3H3. The molecule has 3 heterocycles. The summed E-state index contributed by atoms with van der Waals surface area (Å²) in [5, 5.41) is 11.8. The lowest BCUT2D eigenvalue weighted by atomic mass is 10.00. The molecule has 3 rings (SSSR count). The van der Waals surface area contributed by atoms with Crippen LogP contribution in [0.2, 0.25) is 0 Å². The molecule has 0 unspecified atom stereocenters. The number of carbonyl (C=O) groups is 1. The van der Waals surface area contributed by atoms with Crippen LogP contribution in [0.15, 0.2) is 0 Å². The van der Waals surface area contributed by atoms with Gasteiger partial charge in [0, 0.05) is 26.2 Å². The van der Waals surface area contributed by atoms with Crippen molar-refractivity contribution < 1.29 is 9.53 Å². The van der Waals surface area contributed by atoms with Crippen molar-refractivity contribution in [1.29, 1.82) is 0 Å². The number of rotatable bonds is 1. The number of nitrogens with one attached hydrogen (secondary N) is 1. The maximum Gasteiger partial charge on any atom is 0.410 e. The van der Waals surface area contributed by atoms with Crippen LogP contribution in [0.5, 0.6) is 0 Å². The number of hydrogen-bond acceptors (Lipinski definition) is 5. The van der Waals surface area contributed by atoms with Gasteiger partial charge in [-0.2, -0.15) is 0 Å². The fraction of sp³-hybridized carbons (Fsp3) is 0.769. The lowest BCUT2D eigenvalue weighted by Gasteiger charge is -2.39. The van der Waals surface area contributed by atoms with Gasteiger partial charge in [0.15, 0.2) is 0 Å². The molecule has 7 heteroatoms. The fourth-order valence-electron chi connectivity index (χ4n) is 2.53. The Hall–Kier alpha value is -1.63. The van der Waals surface area contributed by atoms with Gasteiger partial charge >= 0.3 is 6.09 Å². The second kappa shape index (κ2) is 4.73. The number of fused-ring (bicyclic) bond motifs is 1. The molecule has 20 heavy (non-hydrogen) atoms. The summed E-state index contributed by atoms with van der Waals surface area (Å²) in [6, 6.07) is 0. The monoisotopic (exact) mass is 279 g/mol. The van der Waals surface area contributed by atoms with Crippen molar-refractivity contribution in [2.24, 2.45) is 0 Å². The fourth-order valence-corrected chi connectivity index (χ4v) is 2.53. The van der Waals surface area contributed by atoms with E-state index >= 15 is 0 Å². The number of aromatic nitrogens is 3. The van der Waals surface area contributed by atoms with E-state index in [0.717, 1.165) is 31.3 Å². The van der Waals surface area contributed by atoms with Gasteiger partial charge in [-0.25, -0.2) is 4.79 Å². The van der Waals surface area contributed by atoms with Gasteiger partial charge < -0.3 is 19.5 Å². The van der Waals surface area contributed by atoms with E-state index in [4.69, 9.17) is 4.74 Å². The van der Waals surface area contributed by atoms with Gasteiger partial charge in [0.2, 0.25) is 0 Å². The highest BCUT2D eigenvalue weighted by atomic mass is 16.6. The number of ether oxygens (including phenoxy) is 1. The Morgan fingerprint density at radius 1 is 1.35 bits per heavy atom. The van der Waals surface area contributed by atoms with E-state index < -0.39 is 5.60 Å². The second-order valence-corrected chi connectivity index (χ2v) is 6.39. The molecule has 0 radical (unpaired) electrons. The lowest BCUT2D eigenvalue weighted by Crippen LogP contribution is -2.51. The maximum absolute atomic E-state index is 11.9. The first-order valence-corrected chi connectivity index (χ1v) is 7.04. The van der Waals surface area contributed by atoms with Gasteiger partial charge in [0.05, 0.1) is 12.5 Å². The summed E-state index contributed by atoms with van der Waals surface area (Å²) in [5.41, 5.74) is -0.443. The van der Waals surface area contributed by atoms with Gasteiger partial charge in [-0.3, -0.25) is 0 Å². The van der Waals surface area contributed by atoms with Crippen molar-refractivity contribution in [3.63, 3.8) is 0 Å². The van der Waals surface area contributed by atoms with E-state index in [1.54, 1.807) is 4.90 Å². The highest BCUT2D eigenvalue weighted by Gasteiger charge is 2.37. The summed E-state index contributed by atoms with van der Waals surface area (Å²) >= 11 is 0. The maximum atomic E-state index is 11.9. The van der Waals surface area contributed by atoms with Crippen LogP contribution in [0.3, 0.4) is 0 Å². The first-order chi connectivity index (χ1) is 9.44. The zero-order chi connectivity index (χ0) is 14.3. The SMILES string of the molecule is CC(C)(C)OC(=O)N1CC(c2nnc3n2CCNC3)C1. The summed E-state index contributed by atoms with van der Waals surface area (Å²) in [6.45, 7) is 9.59. The predicted molar refractivity (Wildman–Crippen MR) is 72.3 cm³/mol. The summed E-state index contributed by atoms with van der Waals surface area (Å²) in [4.78, 5) is 13.6. The van der Waals surface area contributed by atoms with Crippen LogP contribution in [0.4, 0.5) is 4.79 Å². The number of carbonyl (C=O) groups excluding carboxylic acids is 1. The highest BCUT2D eigenvalue weighted by molar-refractivity contribution is 5.69. The van der Waals surface area contributed by atoms with Gasteiger partial charge in [0.1, 0.15) is 17.2 Å². The van der Waals surface area contributed by atoms with Crippen LogP contribution < -0.4 is 5.32 Å². The van der Waals surface area contributed by atoms with E-state index in [1.165, 1.54) is 0 Å². The van der Waals surface area contributed by atoms with E-state index in [1.807, 2.05) is 20.8 Å². The summed E-state index contributed by atoms with van der Waals surface area (Å²) < 4.78 is 7.53. The van der Waals surface area contributed by atoms with Crippen LogP contribution in [0.1, 0.15) is 38.3 Å². The Labute approximate surface area is 118 Å². The lowest BCUT2D eigenvalue weighted by molar-refractivity contribution is 0.00717. The summed E-state index contributed by atoms with van der Waals surface area (Å²) in [5.74, 6) is 2.27. The number of amides is 1. The third kappa shape index (κ3) is 2.49. The van der Waals surface area contributed by atoms with E-state index in [-0.39, 0.29) is 12.0 Å². The molecule has 2 aliphatic heterocycles. The van der Waals surface area contributed by atoms with Crippen molar-refractivity contribution in [3.8, 4) is 0 Å². The molecule has 1 aromatic rings. The molecule has 0 bridgehead atoms. The van der Waals surface area contributed by atoms with Gasteiger partial charge in [-0.15, -0.1) is 10.2 Å². The number of nitrogens with zero attached hydrogens (tertiary/aromatic N) is 4. The Kier molecular flexibility index (Phi) is 3.16. The Morgan fingerprint density at radius 3 is 2.80 bits per heavy atom. The molecular formula is C13H21N5O2. The Morgan fingerprint density at radius 2 is 2.10 bits per heavy atom. The van der Waals surface area contributed by atoms with Crippen molar-refractivity contribution in [2.45, 2.75) is 45.4 Å². The molecule has 0 atom stereocenters. The minimum Gasteiger partial charge on any atom is -0.444 e. The van der Waals surface area contributed by atoms with Crippen LogP contribution in [0, 0.1) is 0 Å². The molecule has 1 fully saturated rings. The van der Waals surface area contributed by atoms with Crippen LogP contribution in [-0.4, -0.2) is 51.0 Å². The van der Waals surface area contributed by atoms with Crippen molar-refractivity contribution in [1.82, 2.24) is 25.0 Å². The second-order valence-electron chi connectivity index (χ2n) is 6.39. The molecular weight excluding hydrogens is 258 g/mol. The molecule has 1 aromatic heterocycles. The molecule has 110 valence electrons. The third-order valence-electron chi connectivity index (χ3n) is 3.55. The van der Waals surface area contributed by atoms with Crippen LogP contribution >= 0.6 is 0 Å². The molecule has 1 amide bonds. The zero-order valence-corrected chi connectivity index (χ0v) is 12.2. The predicted octanol–water partition coefficient (Wildman–Crippen LogP) is 0.716. The van der Waals surface area contributed by atoms with Crippen molar-refractivity contribution in [2.75, 3.05) is 19.6 Å². The van der Waals surface area contributed by atoms with Crippen LogP contribution in [0.25, 0.3) is 0 Å².